The second-order valence-corrected chi connectivity index (χ2v) is 8.85. The van der Waals surface area contributed by atoms with E-state index < -0.39 is 17.5 Å². The molecular formula is C24H33F3. The van der Waals surface area contributed by atoms with Gasteiger partial charge in [-0.15, -0.1) is 6.58 Å². The molecule has 0 N–H and O–H groups in total. The Labute approximate surface area is 162 Å². The fourth-order valence-electron chi connectivity index (χ4n) is 5.23. The number of allylic oxidation sites excluding steroid dienone is 1. The Morgan fingerprint density at radius 3 is 1.67 bits per heavy atom. The molecule has 0 atom stereocenters. The van der Waals surface area contributed by atoms with Crippen LogP contribution in [0.4, 0.5) is 13.2 Å². The maximum absolute atomic E-state index is 13.5. The van der Waals surface area contributed by atoms with Gasteiger partial charge in [-0.05, 0) is 79.9 Å². The summed E-state index contributed by atoms with van der Waals surface area (Å²) in [5.74, 6) is -0.756. The molecule has 0 bridgehead atoms. The number of rotatable bonds is 7. The first kappa shape index (κ1) is 20.5. The van der Waals surface area contributed by atoms with Crippen LogP contribution in [0.25, 0.3) is 0 Å². The highest BCUT2D eigenvalue weighted by molar-refractivity contribution is 5.23. The van der Waals surface area contributed by atoms with Crippen LogP contribution in [-0.2, 0) is 0 Å². The average molecular weight is 379 g/mol. The molecule has 1 aromatic rings. The van der Waals surface area contributed by atoms with Crippen LogP contribution in [0.1, 0.15) is 88.5 Å². The van der Waals surface area contributed by atoms with Crippen molar-refractivity contribution in [3.63, 3.8) is 0 Å². The highest BCUT2D eigenvalue weighted by Gasteiger charge is 2.26. The Hall–Kier alpha value is -1.25. The summed E-state index contributed by atoms with van der Waals surface area (Å²) in [5, 5.41) is 0. The lowest BCUT2D eigenvalue weighted by Crippen LogP contribution is -2.18. The Kier molecular flexibility index (Phi) is 7.43. The average Bonchev–Trinajstić information content (AvgIpc) is 2.69. The quantitative estimate of drug-likeness (QED) is 0.334. The molecule has 0 saturated heterocycles. The monoisotopic (exact) mass is 378 g/mol. The van der Waals surface area contributed by atoms with Gasteiger partial charge in [-0.3, -0.25) is 0 Å². The van der Waals surface area contributed by atoms with Gasteiger partial charge in [0.15, 0.2) is 17.5 Å². The van der Waals surface area contributed by atoms with Crippen LogP contribution in [0.15, 0.2) is 24.8 Å². The molecule has 0 radical (unpaired) electrons. The molecule has 0 spiro atoms. The maximum Gasteiger partial charge on any atom is 0.194 e. The van der Waals surface area contributed by atoms with E-state index in [1.807, 2.05) is 6.08 Å². The van der Waals surface area contributed by atoms with Crippen molar-refractivity contribution in [3.8, 4) is 0 Å². The molecule has 3 heteroatoms. The second-order valence-electron chi connectivity index (χ2n) is 8.85. The van der Waals surface area contributed by atoms with Crippen molar-refractivity contribution in [2.75, 3.05) is 0 Å². The third-order valence-electron chi connectivity index (χ3n) is 7.05. The molecule has 0 aliphatic heterocycles. The molecule has 0 nitrogen and oxygen atoms in total. The molecule has 2 aliphatic rings. The summed E-state index contributed by atoms with van der Waals surface area (Å²) in [6, 6.07) is 2.38. The predicted molar refractivity (Wildman–Crippen MR) is 105 cm³/mol. The fourth-order valence-corrected chi connectivity index (χ4v) is 5.23. The minimum atomic E-state index is -1.35. The minimum Gasteiger partial charge on any atom is -0.204 e. The van der Waals surface area contributed by atoms with Crippen molar-refractivity contribution in [1.82, 2.24) is 0 Å². The summed E-state index contributed by atoms with van der Waals surface area (Å²) < 4.78 is 40.1. The van der Waals surface area contributed by atoms with Crippen LogP contribution in [0.3, 0.4) is 0 Å². The SMILES string of the molecule is C=CCC[C@H]1CC[C@H](CC[C@H]2CC[C@H](c3cc(F)c(F)c(F)c3)CC2)CC1. The molecule has 3 rings (SSSR count). The normalized spacial score (nSPS) is 28.9. The summed E-state index contributed by atoms with van der Waals surface area (Å²) in [5.41, 5.74) is 0.627. The van der Waals surface area contributed by atoms with Gasteiger partial charge in [-0.25, -0.2) is 13.2 Å². The van der Waals surface area contributed by atoms with E-state index >= 15 is 0 Å². The van der Waals surface area contributed by atoms with Gasteiger partial charge in [-0.1, -0.05) is 44.6 Å². The molecule has 27 heavy (non-hydrogen) atoms. The van der Waals surface area contributed by atoms with E-state index in [0.29, 0.717) is 5.56 Å². The summed E-state index contributed by atoms with van der Waals surface area (Å²) >= 11 is 0. The second kappa shape index (κ2) is 9.80. The van der Waals surface area contributed by atoms with Crippen LogP contribution < -0.4 is 0 Å². The molecule has 0 unspecified atom stereocenters. The van der Waals surface area contributed by atoms with E-state index in [2.05, 4.69) is 6.58 Å². The van der Waals surface area contributed by atoms with Crippen molar-refractivity contribution in [1.29, 1.82) is 0 Å². The summed E-state index contributed by atoms with van der Waals surface area (Å²) in [6.07, 6.45) is 16.8. The lowest BCUT2D eigenvalue weighted by Gasteiger charge is -2.32. The third-order valence-corrected chi connectivity index (χ3v) is 7.05. The van der Waals surface area contributed by atoms with E-state index in [4.69, 9.17) is 0 Å². The van der Waals surface area contributed by atoms with Gasteiger partial charge >= 0.3 is 0 Å². The van der Waals surface area contributed by atoms with E-state index in [0.717, 1.165) is 49.9 Å². The van der Waals surface area contributed by atoms with Crippen LogP contribution in [-0.4, -0.2) is 0 Å². The summed E-state index contributed by atoms with van der Waals surface area (Å²) in [7, 11) is 0. The van der Waals surface area contributed by atoms with E-state index in [-0.39, 0.29) is 5.92 Å². The lowest BCUT2D eigenvalue weighted by atomic mass is 9.74. The molecule has 2 aliphatic carbocycles. The van der Waals surface area contributed by atoms with Crippen LogP contribution >= 0.6 is 0 Å². The largest absolute Gasteiger partial charge is 0.204 e. The third kappa shape index (κ3) is 5.62. The van der Waals surface area contributed by atoms with Crippen LogP contribution in [0.5, 0.6) is 0 Å². The molecule has 2 saturated carbocycles. The zero-order chi connectivity index (χ0) is 19.2. The van der Waals surface area contributed by atoms with E-state index in [1.165, 1.54) is 57.1 Å². The van der Waals surface area contributed by atoms with Gasteiger partial charge in [0.25, 0.3) is 0 Å². The van der Waals surface area contributed by atoms with Gasteiger partial charge in [0, 0.05) is 0 Å². The van der Waals surface area contributed by atoms with Gasteiger partial charge in [0.1, 0.15) is 0 Å². The number of benzene rings is 1. The van der Waals surface area contributed by atoms with E-state index in [1.54, 1.807) is 0 Å². The Bertz CT molecular complexity index is 585. The summed E-state index contributed by atoms with van der Waals surface area (Å²) in [4.78, 5) is 0. The Morgan fingerprint density at radius 1 is 0.741 bits per heavy atom. The zero-order valence-corrected chi connectivity index (χ0v) is 16.4. The first-order valence-electron chi connectivity index (χ1n) is 10.8. The van der Waals surface area contributed by atoms with Crippen LogP contribution in [0, 0.1) is 35.2 Å². The van der Waals surface area contributed by atoms with Gasteiger partial charge < -0.3 is 0 Å². The highest BCUT2D eigenvalue weighted by Crippen LogP contribution is 2.40. The van der Waals surface area contributed by atoms with Crippen molar-refractivity contribution in [2.24, 2.45) is 17.8 Å². The Balaban J connectivity index is 1.38. The van der Waals surface area contributed by atoms with Crippen LogP contribution in [0.2, 0.25) is 0 Å². The zero-order valence-electron chi connectivity index (χ0n) is 16.4. The van der Waals surface area contributed by atoms with Crippen molar-refractivity contribution < 1.29 is 13.2 Å². The predicted octanol–water partition coefficient (Wildman–Crippen LogP) is 7.93. The van der Waals surface area contributed by atoms with Gasteiger partial charge in [-0.2, -0.15) is 0 Å². The van der Waals surface area contributed by atoms with Crippen molar-refractivity contribution >= 4 is 0 Å². The van der Waals surface area contributed by atoms with Gasteiger partial charge in [0.05, 0.1) is 0 Å². The van der Waals surface area contributed by atoms with Crippen molar-refractivity contribution in [2.45, 2.75) is 83.0 Å². The molecule has 2 fully saturated rings. The molecule has 1 aromatic carbocycles. The number of halogens is 3. The fraction of sp³-hybridized carbons (Fsp3) is 0.667. The highest BCUT2D eigenvalue weighted by atomic mass is 19.2. The lowest BCUT2D eigenvalue weighted by molar-refractivity contribution is 0.225. The number of hydrogen-bond donors (Lipinski definition) is 0. The first-order valence-corrected chi connectivity index (χ1v) is 10.8. The molecule has 0 amide bonds. The molecule has 0 aromatic heterocycles. The standard InChI is InChI=1S/C24H33F3/c1-2-3-4-17-5-7-18(8-6-17)9-10-19-11-13-20(14-12-19)21-15-22(25)24(27)23(26)16-21/h2,15-20H,1,3-14H2/t17-,18-,19-,20-. The maximum atomic E-state index is 13.5. The summed E-state index contributed by atoms with van der Waals surface area (Å²) in [6.45, 7) is 3.82. The minimum absolute atomic E-state index is 0.172. The molecular weight excluding hydrogens is 345 g/mol. The topological polar surface area (TPSA) is 0 Å². The smallest absolute Gasteiger partial charge is 0.194 e. The molecule has 150 valence electrons. The molecule has 0 heterocycles. The Morgan fingerprint density at radius 2 is 1.19 bits per heavy atom. The first-order chi connectivity index (χ1) is 13.1. The van der Waals surface area contributed by atoms with Crippen molar-refractivity contribution in [3.05, 3.63) is 47.8 Å². The van der Waals surface area contributed by atoms with Gasteiger partial charge in [0.2, 0.25) is 0 Å². The number of hydrogen-bond acceptors (Lipinski definition) is 0. The van der Waals surface area contributed by atoms with E-state index in [9.17, 15) is 13.2 Å².